The topological polar surface area (TPSA) is 59.1 Å². The third-order valence-corrected chi connectivity index (χ3v) is 4.83. The Bertz CT molecular complexity index is 708. The van der Waals surface area contributed by atoms with Gasteiger partial charge in [0.1, 0.15) is 13.2 Å². The van der Waals surface area contributed by atoms with E-state index >= 15 is 0 Å². The molecular formula is C20H28N2O4. The molecule has 6 heteroatoms. The average Bonchev–Trinajstić information content (AvgIpc) is 2.85. The summed E-state index contributed by atoms with van der Waals surface area (Å²) in [6, 6.07) is 3.66. The van der Waals surface area contributed by atoms with Crippen LogP contribution in [0.15, 0.2) is 12.1 Å². The molecule has 0 unspecified atom stereocenters. The zero-order valence-electron chi connectivity index (χ0n) is 16.1. The summed E-state index contributed by atoms with van der Waals surface area (Å²) in [6.07, 6.45) is 0.789. The van der Waals surface area contributed by atoms with Crippen LogP contribution < -0.4 is 9.47 Å². The van der Waals surface area contributed by atoms with Crippen LogP contribution in [0.3, 0.4) is 0 Å². The van der Waals surface area contributed by atoms with E-state index in [0.717, 1.165) is 12.0 Å². The molecule has 0 radical (unpaired) electrons. The smallest absolute Gasteiger partial charge is 0.254 e. The van der Waals surface area contributed by atoms with Crippen LogP contribution in [0.2, 0.25) is 0 Å². The minimum absolute atomic E-state index is 0.00969. The molecule has 0 bridgehead atoms. The van der Waals surface area contributed by atoms with E-state index in [1.807, 2.05) is 43.6 Å². The number of aryl methyl sites for hydroxylation is 1. The number of benzene rings is 1. The molecule has 1 saturated heterocycles. The van der Waals surface area contributed by atoms with Crippen molar-refractivity contribution in [3.8, 4) is 11.5 Å². The van der Waals surface area contributed by atoms with E-state index in [1.54, 1.807) is 6.07 Å². The number of fused-ring (bicyclic) bond motifs is 1. The molecule has 6 nitrogen and oxygen atoms in total. The maximum absolute atomic E-state index is 13.1. The monoisotopic (exact) mass is 360 g/mol. The van der Waals surface area contributed by atoms with Crippen molar-refractivity contribution in [3.63, 3.8) is 0 Å². The van der Waals surface area contributed by atoms with Gasteiger partial charge in [0.25, 0.3) is 5.91 Å². The zero-order valence-corrected chi connectivity index (χ0v) is 16.1. The molecule has 0 spiro atoms. The Morgan fingerprint density at radius 2 is 1.50 bits per heavy atom. The maximum Gasteiger partial charge on any atom is 0.254 e. The number of carbonyl (C=O) groups is 2. The predicted octanol–water partition coefficient (Wildman–Crippen LogP) is 2.49. The van der Waals surface area contributed by atoms with Gasteiger partial charge in [-0.15, -0.1) is 0 Å². The summed E-state index contributed by atoms with van der Waals surface area (Å²) in [5, 5.41) is 0. The second-order valence-electron chi connectivity index (χ2n) is 8.00. The summed E-state index contributed by atoms with van der Waals surface area (Å²) in [7, 11) is 0. The molecule has 2 aliphatic rings. The van der Waals surface area contributed by atoms with Crippen LogP contribution in [0, 0.1) is 12.3 Å². The van der Waals surface area contributed by atoms with Crippen molar-refractivity contribution < 1.29 is 19.1 Å². The first kappa shape index (κ1) is 18.5. The van der Waals surface area contributed by atoms with Crippen LogP contribution in [0.4, 0.5) is 0 Å². The molecule has 0 aliphatic carbocycles. The Labute approximate surface area is 155 Å². The third-order valence-electron chi connectivity index (χ3n) is 4.83. The highest BCUT2D eigenvalue weighted by Crippen LogP contribution is 2.33. The van der Waals surface area contributed by atoms with E-state index in [0.29, 0.717) is 56.5 Å². The van der Waals surface area contributed by atoms with E-state index in [-0.39, 0.29) is 11.8 Å². The van der Waals surface area contributed by atoms with Crippen LogP contribution in [0.5, 0.6) is 11.5 Å². The van der Waals surface area contributed by atoms with Crippen LogP contribution in [-0.2, 0) is 4.79 Å². The molecule has 3 rings (SSSR count). The number of carbonyl (C=O) groups excluding carboxylic acids is 2. The molecule has 1 fully saturated rings. The lowest BCUT2D eigenvalue weighted by Crippen LogP contribution is -2.42. The Morgan fingerprint density at radius 3 is 2.15 bits per heavy atom. The lowest BCUT2D eigenvalue weighted by Gasteiger charge is -2.28. The Balaban J connectivity index is 1.74. The molecule has 2 aliphatic heterocycles. The Kier molecular flexibility index (Phi) is 5.12. The highest BCUT2D eigenvalue weighted by atomic mass is 16.6. The standard InChI is InChI=1S/C20H28N2O4/c1-14-12-16-17(26-11-10-25-16)13-15(14)18(23)21-6-5-7-22(9-8-21)19(24)20(2,3)4/h12-13H,5-11H2,1-4H3. The number of rotatable bonds is 1. The lowest BCUT2D eigenvalue weighted by atomic mass is 9.94. The first-order chi connectivity index (χ1) is 12.3. The van der Waals surface area contributed by atoms with Gasteiger partial charge >= 0.3 is 0 Å². The quantitative estimate of drug-likeness (QED) is 0.772. The molecule has 1 aromatic rings. The molecule has 142 valence electrons. The van der Waals surface area contributed by atoms with Gasteiger partial charge in [-0.1, -0.05) is 20.8 Å². The second kappa shape index (κ2) is 7.17. The SMILES string of the molecule is Cc1cc2c(cc1C(=O)N1CCCN(C(=O)C(C)(C)C)CC1)OCCO2. The van der Waals surface area contributed by atoms with Gasteiger partial charge in [0, 0.05) is 37.2 Å². The Morgan fingerprint density at radius 1 is 0.923 bits per heavy atom. The molecule has 1 aromatic carbocycles. The average molecular weight is 360 g/mol. The number of nitrogens with zero attached hydrogens (tertiary/aromatic N) is 2. The summed E-state index contributed by atoms with van der Waals surface area (Å²) in [4.78, 5) is 29.3. The highest BCUT2D eigenvalue weighted by molar-refractivity contribution is 5.96. The van der Waals surface area contributed by atoms with Crippen molar-refractivity contribution >= 4 is 11.8 Å². The molecule has 0 aromatic heterocycles. The van der Waals surface area contributed by atoms with Crippen LogP contribution >= 0.6 is 0 Å². The molecular weight excluding hydrogens is 332 g/mol. The summed E-state index contributed by atoms with van der Waals surface area (Å²) in [5.74, 6) is 1.46. The van der Waals surface area contributed by atoms with Crippen molar-refractivity contribution in [2.45, 2.75) is 34.1 Å². The van der Waals surface area contributed by atoms with Gasteiger partial charge in [0.15, 0.2) is 11.5 Å². The molecule has 0 atom stereocenters. The van der Waals surface area contributed by atoms with Crippen molar-refractivity contribution in [1.82, 2.24) is 9.80 Å². The fraction of sp³-hybridized carbons (Fsp3) is 0.600. The van der Waals surface area contributed by atoms with E-state index < -0.39 is 5.41 Å². The predicted molar refractivity (Wildman–Crippen MR) is 98.7 cm³/mol. The number of hydrogen-bond acceptors (Lipinski definition) is 4. The van der Waals surface area contributed by atoms with Crippen LogP contribution in [0.1, 0.15) is 43.1 Å². The highest BCUT2D eigenvalue weighted by Gasteiger charge is 2.30. The number of ether oxygens (including phenoxy) is 2. The lowest BCUT2D eigenvalue weighted by molar-refractivity contribution is -0.139. The van der Waals surface area contributed by atoms with Gasteiger partial charge < -0.3 is 19.3 Å². The van der Waals surface area contributed by atoms with Crippen LogP contribution in [0.25, 0.3) is 0 Å². The van der Waals surface area contributed by atoms with Gasteiger partial charge in [0.05, 0.1) is 0 Å². The van der Waals surface area contributed by atoms with Gasteiger partial charge in [-0.25, -0.2) is 0 Å². The Hall–Kier alpha value is -2.24. The van der Waals surface area contributed by atoms with E-state index in [2.05, 4.69) is 0 Å². The van der Waals surface area contributed by atoms with Crippen LogP contribution in [-0.4, -0.2) is 61.0 Å². The van der Waals surface area contributed by atoms with Gasteiger partial charge in [-0.3, -0.25) is 9.59 Å². The third kappa shape index (κ3) is 3.79. The second-order valence-corrected chi connectivity index (χ2v) is 8.00. The van der Waals surface area contributed by atoms with Crippen molar-refractivity contribution in [2.75, 3.05) is 39.4 Å². The molecule has 0 N–H and O–H groups in total. The number of hydrogen-bond donors (Lipinski definition) is 0. The first-order valence-corrected chi connectivity index (χ1v) is 9.26. The summed E-state index contributed by atoms with van der Waals surface area (Å²) in [5.41, 5.74) is 1.13. The summed E-state index contributed by atoms with van der Waals surface area (Å²) < 4.78 is 11.2. The molecule has 0 saturated carbocycles. The fourth-order valence-electron chi connectivity index (χ4n) is 3.39. The fourth-order valence-corrected chi connectivity index (χ4v) is 3.39. The van der Waals surface area contributed by atoms with Gasteiger partial charge in [0.2, 0.25) is 5.91 Å². The maximum atomic E-state index is 13.1. The van der Waals surface area contributed by atoms with Crippen molar-refractivity contribution in [2.24, 2.45) is 5.41 Å². The molecule has 2 heterocycles. The summed E-state index contributed by atoms with van der Waals surface area (Å²) in [6.45, 7) is 11.2. The first-order valence-electron chi connectivity index (χ1n) is 9.26. The molecule has 26 heavy (non-hydrogen) atoms. The van der Waals surface area contributed by atoms with Gasteiger partial charge in [-0.05, 0) is 31.0 Å². The molecule has 2 amide bonds. The minimum Gasteiger partial charge on any atom is -0.486 e. The van der Waals surface area contributed by atoms with E-state index in [1.165, 1.54) is 0 Å². The normalized spacial score (nSPS) is 17.7. The largest absolute Gasteiger partial charge is 0.486 e. The zero-order chi connectivity index (χ0) is 18.9. The van der Waals surface area contributed by atoms with E-state index in [9.17, 15) is 9.59 Å². The van der Waals surface area contributed by atoms with Crippen molar-refractivity contribution in [3.05, 3.63) is 23.3 Å². The summed E-state index contributed by atoms with van der Waals surface area (Å²) >= 11 is 0. The minimum atomic E-state index is -0.397. The number of amides is 2. The van der Waals surface area contributed by atoms with Gasteiger partial charge in [-0.2, -0.15) is 0 Å². The van der Waals surface area contributed by atoms with Crippen molar-refractivity contribution in [1.29, 1.82) is 0 Å². The van der Waals surface area contributed by atoms with E-state index in [4.69, 9.17) is 9.47 Å².